The quantitative estimate of drug-likeness (QED) is 0.864. The number of hydrogen-bond donors (Lipinski definition) is 1. The molecule has 94 valence electrons. The molecule has 2 rings (SSSR count). The Labute approximate surface area is 107 Å². The maximum Gasteiger partial charge on any atom is 0.165 e. The zero-order chi connectivity index (χ0) is 12.8. The van der Waals surface area contributed by atoms with Crippen LogP contribution in [0.25, 0.3) is 0 Å². The maximum atomic E-state index is 13.3. The van der Waals surface area contributed by atoms with E-state index in [1.807, 2.05) is 18.2 Å². The fourth-order valence-electron chi connectivity index (χ4n) is 1.87. The van der Waals surface area contributed by atoms with Crippen LogP contribution in [0.5, 0.6) is 0 Å². The van der Waals surface area contributed by atoms with E-state index >= 15 is 0 Å². The molecule has 0 bridgehead atoms. The highest BCUT2D eigenvalue weighted by Crippen LogP contribution is 2.18. The van der Waals surface area contributed by atoms with Crippen LogP contribution < -0.4 is 5.32 Å². The minimum absolute atomic E-state index is 0.301. The number of aromatic nitrogens is 1. The molecule has 1 unspecified atom stereocenters. The summed E-state index contributed by atoms with van der Waals surface area (Å²) < 4.78 is 13.3. The van der Waals surface area contributed by atoms with E-state index in [1.165, 1.54) is 11.6 Å². The van der Waals surface area contributed by atoms with E-state index in [9.17, 15) is 4.39 Å². The molecule has 1 aromatic carbocycles. The van der Waals surface area contributed by atoms with Crippen LogP contribution in [0.1, 0.15) is 24.8 Å². The summed E-state index contributed by atoms with van der Waals surface area (Å²) >= 11 is 0. The predicted octanol–water partition coefficient (Wildman–Crippen LogP) is 3.83. The molecule has 0 saturated carbocycles. The molecular weight excluding hydrogens is 227 g/mol. The van der Waals surface area contributed by atoms with Crippen molar-refractivity contribution >= 4 is 5.82 Å². The lowest BCUT2D eigenvalue weighted by atomic mass is 9.98. The van der Waals surface area contributed by atoms with Crippen LogP contribution in [-0.2, 0) is 0 Å². The number of nitrogens with one attached hydrogen (secondary N) is 1. The largest absolute Gasteiger partial charge is 0.368 e. The molecule has 0 aliphatic carbocycles. The van der Waals surface area contributed by atoms with Gasteiger partial charge in [0.05, 0.1) is 0 Å². The third kappa shape index (κ3) is 3.29. The second-order valence-corrected chi connectivity index (χ2v) is 4.36. The van der Waals surface area contributed by atoms with Gasteiger partial charge in [-0.05, 0) is 30.0 Å². The Balaban J connectivity index is 1.84. The summed E-state index contributed by atoms with van der Waals surface area (Å²) in [7, 11) is 0. The van der Waals surface area contributed by atoms with Gasteiger partial charge in [-0.1, -0.05) is 37.3 Å². The zero-order valence-electron chi connectivity index (χ0n) is 10.4. The van der Waals surface area contributed by atoms with Crippen molar-refractivity contribution < 1.29 is 4.39 Å². The van der Waals surface area contributed by atoms with E-state index in [2.05, 4.69) is 29.4 Å². The molecule has 0 aliphatic heterocycles. The summed E-state index contributed by atoms with van der Waals surface area (Å²) in [6, 6.07) is 13.3. The standard InChI is InChI=1S/C15H17FN2/c1-12(13-6-3-2-4-7-13)9-11-18-15-14(16)8-5-10-17-15/h2-8,10,12H,9,11H2,1H3,(H,17,18). The minimum Gasteiger partial charge on any atom is -0.368 e. The molecule has 1 heterocycles. The molecular formula is C15H17FN2. The van der Waals surface area contributed by atoms with Gasteiger partial charge in [-0.3, -0.25) is 0 Å². The molecule has 3 heteroatoms. The lowest BCUT2D eigenvalue weighted by Gasteiger charge is -2.12. The Bertz CT molecular complexity index is 485. The van der Waals surface area contributed by atoms with Gasteiger partial charge in [0, 0.05) is 12.7 Å². The van der Waals surface area contributed by atoms with Crippen LogP contribution in [0.4, 0.5) is 10.2 Å². The summed E-state index contributed by atoms with van der Waals surface area (Å²) in [4.78, 5) is 3.96. The van der Waals surface area contributed by atoms with Crippen molar-refractivity contribution in [3.8, 4) is 0 Å². The number of rotatable bonds is 5. The van der Waals surface area contributed by atoms with E-state index in [1.54, 1.807) is 12.3 Å². The van der Waals surface area contributed by atoms with Crippen molar-refractivity contribution in [3.63, 3.8) is 0 Å². The summed E-state index contributed by atoms with van der Waals surface area (Å²) in [6.07, 6.45) is 2.53. The van der Waals surface area contributed by atoms with Gasteiger partial charge < -0.3 is 5.32 Å². The molecule has 2 nitrogen and oxygen atoms in total. The first-order valence-electron chi connectivity index (χ1n) is 6.16. The number of anilines is 1. The summed E-state index contributed by atoms with van der Waals surface area (Å²) in [5.74, 6) is 0.480. The lowest BCUT2D eigenvalue weighted by Crippen LogP contribution is -2.08. The normalized spacial score (nSPS) is 12.1. The van der Waals surface area contributed by atoms with E-state index in [0.29, 0.717) is 18.3 Å². The van der Waals surface area contributed by atoms with Crippen molar-refractivity contribution in [2.75, 3.05) is 11.9 Å². The second kappa shape index (κ2) is 6.15. The number of hydrogen-bond acceptors (Lipinski definition) is 2. The van der Waals surface area contributed by atoms with Gasteiger partial charge in [0.25, 0.3) is 0 Å². The highest BCUT2D eigenvalue weighted by Gasteiger charge is 2.06. The average Bonchev–Trinajstić information content (AvgIpc) is 2.42. The Morgan fingerprint density at radius 2 is 1.94 bits per heavy atom. The average molecular weight is 244 g/mol. The van der Waals surface area contributed by atoms with Crippen LogP contribution in [0.15, 0.2) is 48.7 Å². The first kappa shape index (κ1) is 12.6. The van der Waals surface area contributed by atoms with Crippen LogP contribution >= 0.6 is 0 Å². The van der Waals surface area contributed by atoms with Crippen molar-refractivity contribution in [2.24, 2.45) is 0 Å². The van der Waals surface area contributed by atoms with E-state index in [4.69, 9.17) is 0 Å². The van der Waals surface area contributed by atoms with E-state index < -0.39 is 0 Å². The van der Waals surface area contributed by atoms with Gasteiger partial charge >= 0.3 is 0 Å². The van der Waals surface area contributed by atoms with Crippen molar-refractivity contribution in [2.45, 2.75) is 19.3 Å². The second-order valence-electron chi connectivity index (χ2n) is 4.36. The SMILES string of the molecule is CC(CCNc1ncccc1F)c1ccccc1. The van der Waals surface area contributed by atoms with Gasteiger partial charge in [-0.25, -0.2) is 9.37 Å². The number of pyridine rings is 1. The fourth-order valence-corrected chi connectivity index (χ4v) is 1.87. The topological polar surface area (TPSA) is 24.9 Å². The van der Waals surface area contributed by atoms with Gasteiger partial charge in [0.15, 0.2) is 11.6 Å². The van der Waals surface area contributed by atoms with Gasteiger partial charge in [0.1, 0.15) is 0 Å². The maximum absolute atomic E-state index is 13.3. The molecule has 1 N–H and O–H groups in total. The molecule has 18 heavy (non-hydrogen) atoms. The van der Waals surface area contributed by atoms with Gasteiger partial charge in [-0.15, -0.1) is 0 Å². The summed E-state index contributed by atoms with van der Waals surface area (Å²) in [5.41, 5.74) is 1.31. The molecule has 1 aromatic heterocycles. The zero-order valence-corrected chi connectivity index (χ0v) is 10.4. The van der Waals surface area contributed by atoms with E-state index in [0.717, 1.165) is 6.42 Å². The van der Waals surface area contributed by atoms with Crippen LogP contribution in [0.3, 0.4) is 0 Å². The van der Waals surface area contributed by atoms with Crippen LogP contribution in [0, 0.1) is 5.82 Å². The fraction of sp³-hybridized carbons (Fsp3) is 0.267. The van der Waals surface area contributed by atoms with Crippen molar-refractivity contribution in [1.29, 1.82) is 0 Å². The third-order valence-electron chi connectivity index (χ3n) is 3.00. The molecule has 0 fully saturated rings. The Morgan fingerprint density at radius 1 is 1.17 bits per heavy atom. The highest BCUT2D eigenvalue weighted by molar-refractivity contribution is 5.35. The van der Waals surface area contributed by atoms with Crippen LogP contribution in [0.2, 0.25) is 0 Å². The first-order valence-corrected chi connectivity index (χ1v) is 6.16. The van der Waals surface area contributed by atoms with Crippen LogP contribution in [-0.4, -0.2) is 11.5 Å². The number of benzene rings is 1. The van der Waals surface area contributed by atoms with Crippen molar-refractivity contribution in [3.05, 3.63) is 60.0 Å². The minimum atomic E-state index is -0.301. The lowest BCUT2D eigenvalue weighted by molar-refractivity contribution is 0.621. The van der Waals surface area contributed by atoms with E-state index in [-0.39, 0.29) is 5.82 Å². The number of halogens is 1. The van der Waals surface area contributed by atoms with Crippen molar-refractivity contribution in [1.82, 2.24) is 4.98 Å². The Hall–Kier alpha value is -1.90. The molecule has 1 atom stereocenters. The first-order chi connectivity index (χ1) is 8.77. The summed E-state index contributed by atoms with van der Waals surface area (Å²) in [6.45, 7) is 2.88. The monoisotopic (exact) mass is 244 g/mol. The smallest absolute Gasteiger partial charge is 0.165 e. The molecule has 0 saturated heterocycles. The third-order valence-corrected chi connectivity index (χ3v) is 3.00. The summed E-state index contributed by atoms with van der Waals surface area (Å²) in [5, 5.41) is 3.03. The van der Waals surface area contributed by atoms with Gasteiger partial charge in [0.2, 0.25) is 0 Å². The van der Waals surface area contributed by atoms with Gasteiger partial charge in [-0.2, -0.15) is 0 Å². The molecule has 0 amide bonds. The Kier molecular flexibility index (Phi) is 4.29. The highest BCUT2D eigenvalue weighted by atomic mass is 19.1. The molecule has 0 spiro atoms. The molecule has 2 aromatic rings. The molecule has 0 aliphatic rings. The number of nitrogens with zero attached hydrogens (tertiary/aromatic N) is 1. The predicted molar refractivity (Wildman–Crippen MR) is 72.2 cm³/mol. The molecule has 0 radical (unpaired) electrons. The Morgan fingerprint density at radius 3 is 2.67 bits per heavy atom.